The van der Waals surface area contributed by atoms with Crippen LogP contribution in [0.2, 0.25) is 0 Å². The van der Waals surface area contributed by atoms with Crippen LogP contribution in [0, 0.1) is 0 Å². The normalized spacial score (nSPS) is 9.78. The van der Waals surface area contributed by atoms with E-state index in [-0.39, 0.29) is 0 Å². The molecule has 2 aromatic carbocycles. The fourth-order valence-electron chi connectivity index (χ4n) is 2.16. The van der Waals surface area contributed by atoms with Crippen LogP contribution in [-0.4, -0.2) is 5.97 Å². The highest BCUT2D eigenvalue weighted by atomic mass is 16.4. The number of anilines is 1. The van der Waals surface area contributed by atoms with Gasteiger partial charge in [-0.3, -0.25) is 5.73 Å². The first-order valence-electron chi connectivity index (χ1n) is 7.21. The topological polar surface area (TPSA) is 80.3 Å². The molecule has 3 aromatic rings. The number of carboxylic acids is 1. The van der Waals surface area contributed by atoms with Crippen LogP contribution in [0.1, 0.15) is 17.0 Å². The molecule has 4 heteroatoms. The predicted octanol–water partition coefficient (Wildman–Crippen LogP) is 1.65. The Kier molecular flexibility index (Phi) is 5.89. The second-order valence-corrected chi connectivity index (χ2v) is 4.89. The molecule has 23 heavy (non-hydrogen) atoms. The van der Waals surface area contributed by atoms with Gasteiger partial charge in [-0.15, -0.1) is 0 Å². The Hall–Kier alpha value is -3.14. The van der Waals surface area contributed by atoms with Gasteiger partial charge in [-0.05, 0) is 17.2 Å². The number of hydrogen-bond donors (Lipinski definition) is 1. The summed E-state index contributed by atoms with van der Waals surface area (Å²) in [5, 5.41) is 11.2. The molecule has 0 spiro atoms. The fraction of sp³-hybridized carbons (Fsp3) is 0.0526. The maximum Gasteiger partial charge on any atom is 0.269 e. The van der Waals surface area contributed by atoms with Gasteiger partial charge in [0, 0.05) is 12.0 Å². The van der Waals surface area contributed by atoms with Gasteiger partial charge in [-0.2, -0.15) is 0 Å². The maximum atomic E-state index is 11.2. The smallest absolute Gasteiger partial charge is 0.269 e. The summed E-state index contributed by atoms with van der Waals surface area (Å²) in [6.07, 6.45) is 1.79. The van der Waals surface area contributed by atoms with Gasteiger partial charge in [0.15, 0.2) is 0 Å². The summed E-state index contributed by atoms with van der Waals surface area (Å²) in [6, 6.07) is 23.8. The van der Waals surface area contributed by atoms with Crippen LogP contribution >= 0.6 is 0 Å². The number of carboxylic acid groups (broad SMARTS) is 1. The first-order chi connectivity index (χ1) is 11.2. The molecular formula is C19H18N2O2. The number of aliphatic carboxylic acids is 1. The lowest BCUT2D eigenvalue weighted by Crippen LogP contribution is -2.30. The van der Waals surface area contributed by atoms with E-state index in [4.69, 9.17) is 5.73 Å². The first kappa shape index (κ1) is 16.2. The van der Waals surface area contributed by atoms with Crippen molar-refractivity contribution in [3.63, 3.8) is 0 Å². The highest BCUT2D eigenvalue weighted by Crippen LogP contribution is 2.23. The van der Waals surface area contributed by atoms with Crippen molar-refractivity contribution in [2.24, 2.45) is 0 Å². The van der Waals surface area contributed by atoms with Crippen LogP contribution in [-0.2, 0) is 4.79 Å². The largest absolute Gasteiger partial charge is 0.549 e. The molecule has 0 aliphatic carbocycles. The molecule has 0 saturated carbocycles. The molecule has 0 radical (unpaired) electrons. The van der Waals surface area contributed by atoms with E-state index in [0.29, 0.717) is 5.82 Å². The number of carbonyl (C=O) groups excluding carboxylic acids is 1. The summed E-state index contributed by atoms with van der Waals surface area (Å²) >= 11 is 0. The molecule has 0 saturated heterocycles. The molecule has 0 amide bonds. The average Bonchev–Trinajstić information content (AvgIpc) is 2.58. The van der Waals surface area contributed by atoms with E-state index in [1.807, 2.05) is 48.5 Å². The lowest BCUT2D eigenvalue weighted by molar-refractivity contribution is -0.360. The van der Waals surface area contributed by atoms with E-state index in [9.17, 15) is 9.90 Å². The Morgan fingerprint density at radius 3 is 1.61 bits per heavy atom. The monoisotopic (exact) mass is 306 g/mol. The number of benzene rings is 2. The van der Waals surface area contributed by atoms with Crippen molar-refractivity contribution in [2.75, 3.05) is 5.73 Å². The van der Waals surface area contributed by atoms with Crippen molar-refractivity contribution in [1.82, 2.24) is 0 Å². The van der Waals surface area contributed by atoms with Crippen LogP contribution in [0.15, 0.2) is 85.1 Å². The second kappa shape index (κ2) is 8.34. The molecule has 0 unspecified atom stereocenters. The van der Waals surface area contributed by atoms with Gasteiger partial charge in [0.05, 0.1) is 12.2 Å². The molecule has 116 valence electrons. The minimum absolute atomic E-state index is 0.692. The van der Waals surface area contributed by atoms with Crippen molar-refractivity contribution in [3.05, 3.63) is 96.2 Å². The number of pyridine rings is 1. The minimum atomic E-state index is -1.07. The lowest BCUT2D eigenvalue weighted by Gasteiger charge is -2.18. The molecular weight excluding hydrogens is 288 g/mol. The number of carbonyl (C=O) groups is 1. The number of nitrogen functional groups attached to an aromatic ring is 1. The number of rotatable bonds is 3. The van der Waals surface area contributed by atoms with Crippen LogP contribution in [0.3, 0.4) is 0 Å². The maximum absolute atomic E-state index is 11.2. The molecule has 0 aliphatic rings. The molecule has 4 nitrogen and oxygen atoms in total. The Morgan fingerprint density at radius 1 is 0.826 bits per heavy atom. The van der Waals surface area contributed by atoms with Gasteiger partial charge < -0.3 is 9.90 Å². The quantitative estimate of drug-likeness (QED) is 0.799. The van der Waals surface area contributed by atoms with E-state index >= 15 is 0 Å². The summed E-state index contributed by atoms with van der Waals surface area (Å²) in [5.74, 6) is -1.07. The number of hydrogen-bond acceptors (Lipinski definition) is 3. The van der Waals surface area contributed by atoms with Gasteiger partial charge in [-0.1, -0.05) is 66.7 Å². The van der Waals surface area contributed by atoms with E-state index in [2.05, 4.69) is 4.98 Å². The zero-order valence-electron chi connectivity index (χ0n) is 12.6. The fourth-order valence-corrected chi connectivity index (χ4v) is 2.16. The van der Waals surface area contributed by atoms with Crippen molar-refractivity contribution in [2.45, 2.75) is 5.92 Å². The van der Waals surface area contributed by atoms with E-state index < -0.39 is 11.9 Å². The van der Waals surface area contributed by atoms with E-state index in [0.717, 1.165) is 11.1 Å². The van der Waals surface area contributed by atoms with Crippen molar-refractivity contribution >= 4 is 11.8 Å². The summed E-state index contributed by atoms with van der Waals surface area (Å²) in [7, 11) is 0. The number of aromatic amines is 1. The third-order valence-electron chi connectivity index (χ3n) is 3.23. The highest BCUT2D eigenvalue weighted by Gasteiger charge is 2.14. The van der Waals surface area contributed by atoms with Crippen molar-refractivity contribution in [1.29, 1.82) is 0 Å². The molecule has 0 aliphatic heterocycles. The Morgan fingerprint density at radius 2 is 1.30 bits per heavy atom. The summed E-state index contributed by atoms with van der Waals surface area (Å²) in [6.45, 7) is 0. The molecule has 1 heterocycles. The average molecular weight is 306 g/mol. The van der Waals surface area contributed by atoms with Gasteiger partial charge in [-0.25, -0.2) is 4.98 Å². The van der Waals surface area contributed by atoms with Gasteiger partial charge >= 0.3 is 0 Å². The zero-order valence-corrected chi connectivity index (χ0v) is 12.6. The van der Waals surface area contributed by atoms with E-state index in [1.165, 1.54) is 0 Å². The Balaban J connectivity index is 0.000000229. The summed E-state index contributed by atoms with van der Waals surface area (Å²) in [5.41, 5.74) is 6.79. The second-order valence-electron chi connectivity index (χ2n) is 4.89. The predicted molar refractivity (Wildman–Crippen MR) is 87.1 cm³/mol. The molecule has 3 rings (SSSR count). The summed E-state index contributed by atoms with van der Waals surface area (Å²) < 4.78 is 0. The molecule has 3 N–H and O–H groups in total. The molecule has 0 fully saturated rings. The van der Waals surface area contributed by atoms with Crippen LogP contribution in [0.5, 0.6) is 0 Å². The van der Waals surface area contributed by atoms with Crippen molar-refractivity contribution in [3.8, 4) is 0 Å². The number of aromatic nitrogens is 1. The van der Waals surface area contributed by atoms with E-state index in [1.54, 1.807) is 36.5 Å². The third-order valence-corrected chi connectivity index (χ3v) is 3.23. The zero-order chi connectivity index (χ0) is 16.5. The number of H-pyrrole nitrogens is 1. The minimum Gasteiger partial charge on any atom is -0.549 e. The molecule has 1 aromatic heterocycles. The molecule has 0 atom stereocenters. The Labute approximate surface area is 135 Å². The third kappa shape index (κ3) is 4.97. The summed E-state index contributed by atoms with van der Waals surface area (Å²) in [4.78, 5) is 14.0. The molecule has 0 bridgehead atoms. The van der Waals surface area contributed by atoms with Gasteiger partial charge in [0.25, 0.3) is 5.82 Å². The van der Waals surface area contributed by atoms with Gasteiger partial charge in [0.2, 0.25) is 0 Å². The van der Waals surface area contributed by atoms with Gasteiger partial charge in [0.1, 0.15) is 0 Å². The number of nitrogens with two attached hydrogens (primary N) is 1. The Bertz CT molecular complexity index is 677. The highest BCUT2D eigenvalue weighted by molar-refractivity contribution is 5.78. The SMILES string of the molecule is Nc1cccc[nH+]1.O=C([O-])C(c1ccccc1)c1ccccc1. The lowest BCUT2D eigenvalue weighted by atomic mass is 9.92. The van der Waals surface area contributed by atoms with Crippen LogP contribution in [0.25, 0.3) is 0 Å². The van der Waals surface area contributed by atoms with Crippen LogP contribution < -0.4 is 15.8 Å². The van der Waals surface area contributed by atoms with Crippen molar-refractivity contribution < 1.29 is 14.9 Å². The standard InChI is InChI=1S/C14H12O2.C5H6N2/c15-14(16)13(11-7-3-1-4-8-11)12-9-5-2-6-10-12;6-5-3-1-2-4-7-5/h1-10,13H,(H,15,16);1-4H,(H2,6,7). The number of nitrogens with one attached hydrogen (secondary N) is 1. The first-order valence-corrected chi connectivity index (χ1v) is 7.21. The van der Waals surface area contributed by atoms with Crippen LogP contribution in [0.4, 0.5) is 5.82 Å².